The Bertz CT molecular complexity index is 713. The molecular weight excluding hydrogens is 316 g/mol. The molecule has 1 atom stereocenters. The van der Waals surface area contributed by atoms with Gasteiger partial charge in [0.05, 0.1) is 7.11 Å². The highest BCUT2D eigenvalue weighted by Crippen LogP contribution is 2.32. The summed E-state index contributed by atoms with van der Waals surface area (Å²) >= 11 is 0. The molecule has 1 aliphatic heterocycles. The number of sulfonamides is 1. The molecule has 1 aromatic rings. The van der Waals surface area contributed by atoms with Gasteiger partial charge in [0.25, 0.3) is 0 Å². The Morgan fingerprint density at radius 2 is 1.87 bits per heavy atom. The van der Waals surface area contributed by atoms with Crippen molar-refractivity contribution in [3.8, 4) is 5.75 Å². The summed E-state index contributed by atoms with van der Waals surface area (Å²) in [6, 6.07) is 2.63. The van der Waals surface area contributed by atoms with E-state index in [2.05, 4.69) is 5.32 Å². The van der Waals surface area contributed by atoms with E-state index in [1.54, 1.807) is 12.1 Å². The molecule has 1 aliphatic rings. The lowest BCUT2D eigenvalue weighted by molar-refractivity contribution is -0.128. The summed E-state index contributed by atoms with van der Waals surface area (Å²) in [6.07, 6.45) is 0. The summed E-state index contributed by atoms with van der Waals surface area (Å²) in [7, 11) is -2.37. The minimum absolute atomic E-state index is 0.114. The topological polar surface area (TPSA) is 75.7 Å². The smallest absolute Gasteiger partial charge is 0.247 e. The first-order valence-electron chi connectivity index (χ1n) is 7.65. The number of methoxy groups -OCH3 is 1. The third kappa shape index (κ3) is 3.21. The van der Waals surface area contributed by atoms with Crippen molar-refractivity contribution >= 4 is 15.9 Å². The van der Waals surface area contributed by atoms with E-state index in [4.69, 9.17) is 4.74 Å². The molecule has 7 heteroatoms. The van der Waals surface area contributed by atoms with Crippen LogP contribution < -0.4 is 10.1 Å². The van der Waals surface area contributed by atoms with Crippen LogP contribution in [0.25, 0.3) is 0 Å². The molecule has 0 spiro atoms. The molecule has 128 valence electrons. The molecule has 1 unspecified atom stereocenters. The normalized spacial score (nSPS) is 19.7. The predicted octanol–water partition coefficient (Wildman–Crippen LogP) is 1.46. The van der Waals surface area contributed by atoms with Crippen molar-refractivity contribution in [1.29, 1.82) is 0 Å². The molecule has 2 rings (SSSR count). The molecule has 1 aromatic carbocycles. The number of amides is 1. The van der Waals surface area contributed by atoms with Gasteiger partial charge in [-0.1, -0.05) is 13.8 Å². The van der Waals surface area contributed by atoms with Crippen molar-refractivity contribution in [3.05, 3.63) is 23.3 Å². The quantitative estimate of drug-likeness (QED) is 0.900. The van der Waals surface area contributed by atoms with Crippen LogP contribution in [0.5, 0.6) is 5.75 Å². The van der Waals surface area contributed by atoms with E-state index in [1.165, 1.54) is 11.4 Å². The highest BCUT2D eigenvalue weighted by atomic mass is 32.2. The minimum Gasteiger partial charge on any atom is -0.495 e. The van der Waals surface area contributed by atoms with Crippen molar-refractivity contribution in [1.82, 2.24) is 9.62 Å². The van der Waals surface area contributed by atoms with E-state index in [0.717, 1.165) is 11.1 Å². The number of aryl methyl sites for hydroxylation is 2. The molecule has 1 amide bonds. The van der Waals surface area contributed by atoms with Crippen molar-refractivity contribution < 1.29 is 17.9 Å². The van der Waals surface area contributed by atoms with Gasteiger partial charge in [-0.3, -0.25) is 4.79 Å². The Labute approximate surface area is 137 Å². The molecule has 1 saturated heterocycles. The van der Waals surface area contributed by atoms with E-state index in [-0.39, 0.29) is 23.3 Å². The minimum atomic E-state index is -3.82. The van der Waals surface area contributed by atoms with E-state index >= 15 is 0 Å². The van der Waals surface area contributed by atoms with Gasteiger partial charge in [-0.05, 0) is 43.0 Å². The maximum atomic E-state index is 13.2. The molecule has 0 aliphatic carbocycles. The third-order valence-electron chi connectivity index (χ3n) is 4.21. The zero-order chi connectivity index (χ0) is 17.4. The number of rotatable bonds is 4. The van der Waals surface area contributed by atoms with Crippen molar-refractivity contribution in [2.45, 2.75) is 38.6 Å². The lowest BCUT2D eigenvalue weighted by Gasteiger charge is -2.36. The summed E-state index contributed by atoms with van der Waals surface area (Å²) in [5.74, 6) is -0.0678. The molecule has 6 nitrogen and oxygen atoms in total. The largest absolute Gasteiger partial charge is 0.495 e. The van der Waals surface area contributed by atoms with Gasteiger partial charge in [0.15, 0.2) is 0 Å². The molecular formula is C16H24N2O4S. The van der Waals surface area contributed by atoms with E-state index in [9.17, 15) is 13.2 Å². The van der Waals surface area contributed by atoms with Gasteiger partial charge in [-0.15, -0.1) is 0 Å². The second-order valence-electron chi connectivity index (χ2n) is 6.18. The average Bonchev–Trinajstić information content (AvgIpc) is 2.48. The first-order chi connectivity index (χ1) is 10.7. The van der Waals surface area contributed by atoms with Crippen LogP contribution in [-0.4, -0.2) is 44.9 Å². The molecule has 0 aromatic heterocycles. The number of piperazine rings is 1. The molecule has 0 saturated carbocycles. The Hall–Kier alpha value is -1.60. The molecule has 1 N–H and O–H groups in total. The van der Waals surface area contributed by atoms with Gasteiger partial charge >= 0.3 is 0 Å². The first-order valence-corrected chi connectivity index (χ1v) is 9.09. The Kier molecular flexibility index (Phi) is 5.01. The fourth-order valence-electron chi connectivity index (χ4n) is 2.82. The van der Waals surface area contributed by atoms with Gasteiger partial charge in [-0.2, -0.15) is 4.31 Å². The fourth-order valence-corrected chi connectivity index (χ4v) is 4.76. The van der Waals surface area contributed by atoms with Crippen LogP contribution in [0.3, 0.4) is 0 Å². The monoisotopic (exact) mass is 340 g/mol. The summed E-state index contributed by atoms with van der Waals surface area (Å²) in [5.41, 5.74) is 1.82. The van der Waals surface area contributed by atoms with Crippen LogP contribution >= 0.6 is 0 Å². The molecule has 1 heterocycles. The number of benzene rings is 1. The first kappa shape index (κ1) is 17.7. The van der Waals surface area contributed by atoms with Crippen LogP contribution in [0.4, 0.5) is 0 Å². The Morgan fingerprint density at radius 1 is 1.26 bits per heavy atom. The molecule has 1 fully saturated rings. The second kappa shape index (κ2) is 6.49. The van der Waals surface area contributed by atoms with E-state index in [1.807, 2.05) is 27.7 Å². The molecule has 0 bridgehead atoms. The van der Waals surface area contributed by atoms with Gasteiger partial charge in [0.1, 0.15) is 16.7 Å². The van der Waals surface area contributed by atoms with Gasteiger partial charge in [-0.25, -0.2) is 8.42 Å². The lowest BCUT2D eigenvalue weighted by atomic mass is 10.0. The Balaban J connectivity index is 2.57. The standard InChI is InChI=1S/C16H24N2O4S/c1-10(2)15-16(19)17-6-7-18(15)23(20,21)14-9-12(4)11(3)8-13(14)22-5/h8-10,15H,6-7H2,1-5H3,(H,17,19). The van der Waals surface area contributed by atoms with Crippen LogP contribution in [0.1, 0.15) is 25.0 Å². The zero-order valence-electron chi connectivity index (χ0n) is 14.2. The summed E-state index contributed by atoms with van der Waals surface area (Å²) in [4.78, 5) is 12.3. The number of nitrogens with zero attached hydrogens (tertiary/aromatic N) is 1. The van der Waals surface area contributed by atoms with E-state index in [0.29, 0.717) is 12.3 Å². The predicted molar refractivity (Wildman–Crippen MR) is 88.0 cm³/mol. The maximum Gasteiger partial charge on any atom is 0.247 e. The van der Waals surface area contributed by atoms with Gasteiger partial charge in [0, 0.05) is 13.1 Å². The highest BCUT2D eigenvalue weighted by molar-refractivity contribution is 7.89. The summed E-state index contributed by atoms with van der Waals surface area (Å²) in [5, 5.41) is 2.74. The molecule has 23 heavy (non-hydrogen) atoms. The van der Waals surface area contributed by atoms with Gasteiger partial charge < -0.3 is 10.1 Å². The SMILES string of the molecule is COc1cc(C)c(C)cc1S(=O)(=O)N1CCNC(=O)C1C(C)C. The second-order valence-corrected chi connectivity index (χ2v) is 8.04. The van der Waals surface area contributed by atoms with Gasteiger partial charge in [0.2, 0.25) is 15.9 Å². The highest BCUT2D eigenvalue weighted by Gasteiger charge is 2.41. The van der Waals surface area contributed by atoms with Crippen LogP contribution in [0.2, 0.25) is 0 Å². The lowest BCUT2D eigenvalue weighted by Crippen LogP contribution is -2.59. The number of hydrogen-bond donors (Lipinski definition) is 1. The Morgan fingerprint density at radius 3 is 2.43 bits per heavy atom. The number of ether oxygens (including phenoxy) is 1. The summed E-state index contributed by atoms with van der Waals surface area (Å²) in [6.45, 7) is 8.02. The zero-order valence-corrected chi connectivity index (χ0v) is 15.0. The van der Waals surface area contributed by atoms with Crippen LogP contribution in [-0.2, 0) is 14.8 Å². The van der Waals surface area contributed by atoms with Crippen LogP contribution in [0.15, 0.2) is 17.0 Å². The maximum absolute atomic E-state index is 13.2. The average molecular weight is 340 g/mol. The number of carbonyl (C=O) groups excluding carboxylic acids is 1. The number of nitrogens with one attached hydrogen (secondary N) is 1. The van der Waals surface area contributed by atoms with Crippen LogP contribution in [0, 0.1) is 19.8 Å². The third-order valence-corrected chi connectivity index (χ3v) is 6.11. The van der Waals surface area contributed by atoms with Crippen molar-refractivity contribution in [2.24, 2.45) is 5.92 Å². The fraction of sp³-hybridized carbons (Fsp3) is 0.562. The summed E-state index contributed by atoms with van der Waals surface area (Å²) < 4.78 is 32.9. The number of carbonyl (C=O) groups is 1. The molecule has 0 radical (unpaired) electrons. The number of hydrogen-bond acceptors (Lipinski definition) is 4. The van der Waals surface area contributed by atoms with Crippen molar-refractivity contribution in [3.63, 3.8) is 0 Å². The van der Waals surface area contributed by atoms with E-state index < -0.39 is 16.1 Å². The van der Waals surface area contributed by atoms with Crippen molar-refractivity contribution in [2.75, 3.05) is 20.2 Å².